The van der Waals surface area contributed by atoms with Gasteiger partial charge in [0.15, 0.2) is 6.10 Å². The topological polar surface area (TPSA) is 65.0 Å². The number of carbonyl (C=O) groups is 1. The summed E-state index contributed by atoms with van der Waals surface area (Å²) in [6, 6.07) is 14.8. The van der Waals surface area contributed by atoms with Gasteiger partial charge in [-0.3, -0.25) is 0 Å². The molecule has 122 valence electrons. The lowest BCUT2D eigenvalue weighted by atomic mass is 10.1. The molecule has 0 fully saturated rings. The molecular weight excluding hydrogens is 296 g/mol. The molecule has 0 saturated heterocycles. The molecule has 0 amide bonds. The van der Waals surface area contributed by atoms with E-state index in [0.717, 1.165) is 11.1 Å². The second-order valence-corrected chi connectivity index (χ2v) is 5.01. The van der Waals surface area contributed by atoms with Gasteiger partial charge in [0.25, 0.3) is 0 Å². The Balaban J connectivity index is 2.11. The summed E-state index contributed by atoms with van der Waals surface area (Å²) in [6.45, 7) is 0.240. The van der Waals surface area contributed by atoms with E-state index in [1.54, 1.807) is 32.4 Å². The summed E-state index contributed by atoms with van der Waals surface area (Å²) in [7, 11) is 3.11. The van der Waals surface area contributed by atoms with Gasteiger partial charge in [-0.15, -0.1) is 0 Å². The molecule has 1 atom stereocenters. The fourth-order valence-electron chi connectivity index (χ4n) is 2.23. The van der Waals surface area contributed by atoms with Crippen LogP contribution in [0.3, 0.4) is 0 Å². The molecule has 0 heterocycles. The SMILES string of the molecule is COc1ccc(OC)c(C[C@H](OCc2ccccc2)C(=O)O)c1. The van der Waals surface area contributed by atoms with E-state index in [1.807, 2.05) is 30.3 Å². The van der Waals surface area contributed by atoms with E-state index in [2.05, 4.69) is 0 Å². The van der Waals surface area contributed by atoms with Crippen LogP contribution in [-0.2, 0) is 22.6 Å². The first-order chi connectivity index (χ1) is 11.1. The van der Waals surface area contributed by atoms with E-state index in [9.17, 15) is 9.90 Å². The summed E-state index contributed by atoms with van der Waals surface area (Å²) in [6.07, 6.45) is -0.765. The molecule has 23 heavy (non-hydrogen) atoms. The zero-order valence-corrected chi connectivity index (χ0v) is 13.2. The van der Waals surface area contributed by atoms with Gasteiger partial charge < -0.3 is 19.3 Å². The molecule has 1 N–H and O–H groups in total. The summed E-state index contributed by atoms with van der Waals surface area (Å²) in [5.74, 6) is 0.249. The van der Waals surface area contributed by atoms with Crippen molar-refractivity contribution in [3.8, 4) is 11.5 Å². The monoisotopic (exact) mass is 316 g/mol. The van der Waals surface area contributed by atoms with Crippen molar-refractivity contribution in [2.75, 3.05) is 14.2 Å². The minimum absolute atomic E-state index is 0.197. The van der Waals surface area contributed by atoms with Crippen molar-refractivity contribution >= 4 is 5.97 Å². The molecule has 0 aliphatic carbocycles. The zero-order chi connectivity index (χ0) is 16.7. The fourth-order valence-corrected chi connectivity index (χ4v) is 2.23. The molecule has 0 bridgehead atoms. The molecule has 0 spiro atoms. The van der Waals surface area contributed by atoms with Crippen LogP contribution in [0, 0.1) is 0 Å². The molecule has 0 aliphatic rings. The van der Waals surface area contributed by atoms with Gasteiger partial charge in [-0.25, -0.2) is 4.79 Å². The number of benzene rings is 2. The zero-order valence-electron chi connectivity index (χ0n) is 13.2. The molecule has 5 nitrogen and oxygen atoms in total. The number of ether oxygens (including phenoxy) is 3. The van der Waals surface area contributed by atoms with Crippen LogP contribution in [0.25, 0.3) is 0 Å². The Hall–Kier alpha value is -2.53. The van der Waals surface area contributed by atoms with Gasteiger partial charge in [-0.2, -0.15) is 0 Å². The van der Waals surface area contributed by atoms with E-state index in [-0.39, 0.29) is 13.0 Å². The number of hydrogen-bond donors (Lipinski definition) is 1. The van der Waals surface area contributed by atoms with E-state index >= 15 is 0 Å². The molecule has 0 unspecified atom stereocenters. The smallest absolute Gasteiger partial charge is 0.333 e. The van der Waals surface area contributed by atoms with Crippen LogP contribution in [0.1, 0.15) is 11.1 Å². The highest BCUT2D eigenvalue weighted by molar-refractivity contribution is 5.73. The highest BCUT2D eigenvalue weighted by Gasteiger charge is 2.21. The van der Waals surface area contributed by atoms with Gasteiger partial charge >= 0.3 is 5.97 Å². The maximum atomic E-state index is 11.5. The first kappa shape index (κ1) is 16.8. The molecule has 2 rings (SSSR count). The Morgan fingerprint density at radius 3 is 2.43 bits per heavy atom. The van der Waals surface area contributed by atoms with Crippen molar-refractivity contribution in [1.82, 2.24) is 0 Å². The summed E-state index contributed by atoms with van der Waals surface area (Å²) >= 11 is 0. The third kappa shape index (κ3) is 4.72. The van der Waals surface area contributed by atoms with Crippen molar-refractivity contribution in [2.24, 2.45) is 0 Å². The van der Waals surface area contributed by atoms with E-state index < -0.39 is 12.1 Å². The Labute approximate surface area is 135 Å². The predicted octanol–water partition coefficient (Wildman–Crippen LogP) is 2.92. The standard InChI is InChI=1S/C18H20O5/c1-21-15-8-9-16(22-2)14(10-15)11-17(18(19)20)23-12-13-6-4-3-5-7-13/h3-10,17H,11-12H2,1-2H3,(H,19,20)/t17-/m0/s1. The highest BCUT2D eigenvalue weighted by Crippen LogP contribution is 2.26. The quantitative estimate of drug-likeness (QED) is 0.811. The van der Waals surface area contributed by atoms with Gasteiger partial charge in [0, 0.05) is 12.0 Å². The first-order valence-corrected chi connectivity index (χ1v) is 7.23. The number of aliphatic carboxylic acids is 1. The Morgan fingerprint density at radius 1 is 1.09 bits per heavy atom. The minimum Gasteiger partial charge on any atom is -0.497 e. The van der Waals surface area contributed by atoms with Crippen molar-refractivity contribution in [1.29, 1.82) is 0 Å². The third-order valence-electron chi connectivity index (χ3n) is 3.46. The summed E-state index contributed by atoms with van der Waals surface area (Å²) in [5.41, 5.74) is 1.66. The second kappa shape index (κ2) is 8.19. The fraction of sp³-hybridized carbons (Fsp3) is 0.278. The number of methoxy groups -OCH3 is 2. The van der Waals surface area contributed by atoms with E-state index in [4.69, 9.17) is 14.2 Å². The molecule has 0 aliphatic heterocycles. The number of rotatable bonds is 8. The van der Waals surface area contributed by atoms with Crippen molar-refractivity contribution in [2.45, 2.75) is 19.1 Å². The Kier molecular flexibility index (Phi) is 6.00. The summed E-state index contributed by atoms with van der Waals surface area (Å²) in [4.78, 5) is 11.5. The van der Waals surface area contributed by atoms with Gasteiger partial charge in [0.05, 0.1) is 20.8 Å². The summed E-state index contributed by atoms with van der Waals surface area (Å²) < 4.78 is 16.0. The summed E-state index contributed by atoms with van der Waals surface area (Å²) in [5, 5.41) is 9.41. The normalized spacial score (nSPS) is 11.7. The van der Waals surface area contributed by atoms with Crippen molar-refractivity contribution in [3.63, 3.8) is 0 Å². The molecule has 0 aromatic heterocycles. The Morgan fingerprint density at radius 2 is 1.83 bits per heavy atom. The van der Waals surface area contributed by atoms with Gasteiger partial charge in [-0.1, -0.05) is 30.3 Å². The number of hydrogen-bond acceptors (Lipinski definition) is 4. The van der Waals surface area contributed by atoms with Gasteiger partial charge in [0.1, 0.15) is 11.5 Å². The minimum atomic E-state index is -1.01. The van der Waals surface area contributed by atoms with Crippen LogP contribution < -0.4 is 9.47 Å². The largest absolute Gasteiger partial charge is 0.497 e. The lowest BCUT2D eigenvalue weighted by Crippen LogP contribution is -2.26. The van der Waals surface area contributed by atoms with Crippen LogP contribution in [-0.4, -0.2) is 31.4 Å². The van der Waals surface area contributed by atoms with E-state index in [1.165, 1.54) is 0 Å². The number of carboxylic acids is 1. The maximum absolute atomic E-state index is 11.5. The lowest BCUT2D eigenvalue weighted by Gasteiger charge is -2.16. The van der Waals surface area contributed by atoms with Gasteiger partial charge in [0.2, 0.25) is 0 Å². The second-order valence-electron chi connectivity index (χ2n) is 5.01. The van der Waals surface area contributed by atoms with Crippen molar-refractivity contribution < 1.29 is 24.1 Å². The molecular formula is C18H20O5. The molecule has 2 aromatic carbocycles. The lowest BCUT2D eigenvalue weighted by molar-refractivity contribution is -0.151. The molecule has 2 aromatic rings. The third-order valence-corrected chi connectivity index (χ3v) is 3.46. The van der Waals surface area contributed by atoms with Crippen LogP contribution in [0.4, 0.5) is 0 Å². The van der Waals surface area contributed by atoms with E-state index in [0.29, 0.717) is 11.5 Å². The molecule has 5 heteroatoms. The average molecular weight is 316 g/mol. The maximum Gasteiger partial charge on any atom is 0.333 e. The van der Waals surface area contributed by atoms with Gasteiger partial charge in [-0.05, 0) is 23.8 Å². The van der Waals surface area contributed by atoms with Crippen LogP contribution in [0.15, 0.2) is 48.5 Å². The Bertz CT molecular complexity index is 639. The predicted molar refractivity (Wildman–Crippen MR) is 85.9 cm³/mol. The van der Waals surface area contributed by atoms with Crippen molar-refractivity contribution in [3.05, 3.63) is 59.7 Å². The first-order valence-electron chi connectivity index (χ1n) is 7.23. The molecule has 0 radical (unpaired) electrons. The van der Waals surface area contributed by atoms with Crippen LogP contribution in [0.2, 0.25) is 0 Å². The number of carboxylic acid groups (broad SMARTS) is 1. The highest BCUT2D eigenvalue weighted by atomic mass is 16.5. The van der Waals surface area contributed by atoms with Crippen LogP contribution >= 0.6 is 0 Å². The molecule has 0 saturated carbocycles. The average Bonchev–Trinajstić information content (AvgIpc) is 2.59. The van der Waals surface area contributed by atoms with Crippen LogP contribution in [0.5, 0.6) is 11.5 Å².